The molecule has 3 nitrogen and oxygen atoms in total. The Morgan fingerprint density at radius 2 is 1.41 bits per heavy atom. The van der Waals surface area contributed by atoms with Gasteiger partial charge in [-0.1, -0.05) is 109 Å². The van der Waals surface area contributed by atoms with Gasteiger partial charge in [-0.05, 0) is 36.2 Å². The summed E-state index contributed by atoms with van der Waals surface area (Å²) in [6, 6.07) is 16.4. The van der Waals surface area contributed by atoms with Gasteiger partial charge in [0.1, 0.15) is 0 Å². The second-order valence-corrected chi connectivity index (χ2v) is 7.73. The van der Waals surface area contributed by atoms with Crippen LogP contribution in [0.2, 0.25) is 0 Å². The smallest absolute Gasteiger partial charge is 0.164 e. The van der Waals surface area contributed by atoms with E-state index in [1.807, 2.05) is 55.5 Å². The van der Waals surface area contributed by atoms with E-state index in [1.165, 1.54) is 0 Å². The summed E-state index contributed by atoms with van der Waals surface area (Å²) in [5.74, 6) is 1.68. The monoisotopic (exact) mass is 481 g/mol. The molecular formula is C28H24BrN3. The molecule has 0 N–H and O–H groups in total. The van der Waals surface area contributed by atoms with Gasteiger partial charge in [0, 0.05) is 21.2 Å². The van der Waals surface area contributed by atoms with Gasteiger partial charge >= 0.3 is 0 Å². The van der Waals surface area contributed by atoms with Crippen molar-refractivity contribution >= 4 is 27.1 Å². The molecule has 32 heavy (non-hydrogen) atoms. The van der Waals surface area contributed by atoms with Crippen molar-refractivity contribution in [2.45, 2.75) is 6.92 Å². The number of hydrogen-bond acceptors (Lipinski definition) is 3. The van der Waals surface area contributed by atoms with Gasteiger partial charge in [-0.3, -0.25) is 0 Å². The number of aromatic nitrogens is 3. The van der Waals surface area contributed by atoms with E-state index in [-0.39, 0.29) is 0 Å². The summed E-state index contributed by atoms with van der Waals surface area (Å²) < 4.78 is 1.04. The van der Waals surface area contributed by atoms with Crippen LogP contribution in [-0.4, -0.2) is 15.0 Å². The standard InChI is InChI=1S/C28H24BrN3/c1-5-10-20(8-4)26-30-27(22(11-6-2)12-7-3)32-28(31-26)24-14-9-13-23(19-24)21-15-17-25(29)18-16-21/h5-19H,1-2,4H2,3H3/b12-7-,20-10+,22-11+. The lowest BCUT2D eigenvalue weighted by Crippen LogP contribution is -2.04. The highest BCUT2D eigenvalue weighted by Gasteiger charge is 2.13. The summed E-state index contributed by atoms with van der Waals surface area (Å²) in [6.45, 7) is 13.5. The molecule has 0 amide bonds. The lowest BCUT2D eigenvalue weighted by Gasteiger charge is -2.10. The van der Waals surface area contributed by atoms with Crippen LogP contribution < -0.4 is 0 Å². The van der Waals surface area contributed by atoms with Gasteiger partial charge in [-0.25, -0.2) is 15.0 Å². The molecule has 0 aliphatic carbocycles. The molecule has 0 bridgehead atoms. The molecule has 3 rings (SSSR count). The average Bonchev–Trinajstić information content (AvgIpc) is 2.82. The average molecular weight is 482 g/mol. The van der Waals surface area contributed by atoms with E-state index in [0.717, 1.165) is 32.3 Å². The predicted octanol–water partition coefficient (Wildman–Crippen LogP) is 7.87. The normalized spacial score (nSPS) is 12.1. The third-order valence-corrected chi connectivity index (χ3v) is 5.14. The first-order chi connectivity index (χ1) is 15.6. The zero-order valence-electron chi connectivity index (χ0n) is 18.0. The highest BCUT2D eigenvalue weighted by Crippen LogP contribution is 2.27. The van der Waals surface area contributed by atoms with E-state index >= 15 is 0 Å². The third-order valence-electron chi connectivity index (χ3n) is 4.61. The molecule has 1 aromatic heterocycles. The Morgan fingerprint density at radius 3 is 2.03 bits per heavy atom. The molecule has 0 saturated carbocycles. The third kappa shape index (κ3) is 5.54. The second-order valence-electron chi connectivity index (χ2n) is 6.81. The molecule has 3 aromatic rings. The maximum atomic E-state index is 4.78. The molecule has 158 valence electrons. The van der Waals surface area contributed by atoms with Crippen LogP contribution in [0.3, 0.4) is 0 Å². The maximum absolute atomic E-state index is 4.78. The number of allylic oxidation sites excluding steroid dienone is 9. The van der Waals surface area contributed by atoms with Gasteiger partial charge in [0.15, 0.2) is 17.5 Å². The van der Waals surface area contributed by atoms with Crippen molar-refractivity contribution in [2.75, 3.05) is 0 Å². The number of hydrogen-bond donors (Lipinski definition) is 0. The van der Waals surface area contributed by atoms with Crippen LogP contribution in [0.1, 0.15) is 18.6 Å². The molecular weight excluding hydrogens is 458 g/mol. The highest BCUT2D eigenvalue weighted by molar-refractivity contribution is 9.10. The summed E-state index contributed by atoms with van der Waals surface area (Å²) in [7, 11) is 0. The first-order valence-electron chi connectivity index (χ1n) is 10.1. The van der Waals surface area contributed by atoms with Crippen molar-refractivity contribution in [1.29, 1.82) is 0 Å². The van der Waals surface area contributed by atoms with Crippen LogP contribution in [0.4, 0.5) is 0 Å². The fourth-order valence-corrected chi connectivity index (χ4v) is 3.38. The van der Waals surface area contributed by atoms with Crippen molar-refractivity contribution in [1.82, 2.24) is 15.0 Å². The minimum atomic E-state index is 0.536. The molecule has 0 saturated heterocycles. The van der Waals surface area contributed by atoms with Crippen molar-refractivity contribution in [2.24, 2.45) is 0 Å². The Bertz CT molecular complexity index is 1230. The lowest BCUT2D eigenvalue weighted by atomic mass is 10.0. The number of nitrogens with zero attached hydrogens (tertiary/aromatic N) is 3. The molecule has 0 spiro atoms. The van der Waals surface area contributed by atoms with Crippen LogP contribution >= 0.6 is 15.9 Å². The maximum Gasteiger partial charge on any atom is 0.164 e. The molecule has 4 heteroatoms. The van der Waals surface area contributed by atoms with E-state index in [9.17, 15) is 0 Å². The Labute approximate surface area is 198 Å². The summed E-state index contributed by atoms with van der Waals surface area (Å²) in [5, 5.41) is 0. The molecule has 0 unspecified atom stereocenters. The van der Waals surface area contributed by atoms with E-state index in [0.29, 0.717) is 17.5 Å². The van der Waals surface area contributed by atoms with Crippen molar-refractivity contribution in [3.63, 3.8) is 0 Å². The van der Waals surface area contributed by atoms with Crippen LogP contribution in [0, 0.1) is 0 Å². The zero-order chi connectivity index (χ0) is 22.9. The van der Waals surface area contributed by atoms with E-state index < -0.39 is 0 Å². The van der Waals surface area contributed by atoms with Gasteiger partial charge in [0.25, 0.3) is 0 Å². The first kappa shape index (κ1) is 23.0. The number of benzene rings is 2. The molecule has 0 radical (unpaired) electrons. The quantitative estimate of drug-likeness (QED) is 0.307. The van der Waals surface area contributed by atoms with Gasteiger partial charge in [-0.15, -0.1) is 0 Å². The van der Waals surface area contributed by atoms with Crippen LogP contribution in [0.25, 0.3) is 33.7 Å². The Hall–Kier alpha value is -3.63. The summed E-state index contributed by atoms with van der Waals surface area (Å²) in [4.78, 5) is 14.2. The largest absolute Gasteiger partial charge is 0.208 e. The lowest BCUT2D eigenvalue weighted by molar-refractivity contribution is 1.00. The van der Waals surface area contributed by atoms with Crippen molar-refractivity contribution in [3.05, 3.63) is 127 Å². The van der Waals surface area contributed by atoms with Crippen molar-refractivity contribution < 1.29 is 0 Å². The Balaban J connectivity index is 2.21. The Kier molecular flexibility index (Phi) is 8.01. The molecule has 0 atom stereocenters. The fourth-order valence-electron chi connectivity index (χ4n) is 3.12. The molecule has 1 heterocycles. The summed E-state index contributed by atoms with van der Waals surface area (Å²) in [5.41, 5.74) is 4.71. The molecule has 2 aromatic carbocycles. The molecule has 0 aliphatic heterocycles. The minimum Gasteiger partial charge on any atom is -0.208 e. The second kappa shape index (κ2) is 11.1. The summed E-state index contributed by atoms with van der Waals surface area (Å²) in [6.07, 6.45) is 12.7. The van der Waals surface area contributed by atoms with Crippen LogP contribution in [0.15, 0.2) is 115 Å². The highest BCUT2D eigenvalue weighted by atomic mass is 79.9. The van der Waals surface area contributed by atoms with Gasteiger partial charge in [0.05, 0.1) is 0 Å². The van der Waals surface area contributed by atoms with Crippen molar-refractivity contribution in [3.8, 4) is 22.5 Å². The summed E-state index contributed by atoms with van der Waals surface area (Å²) >= 11 is 3.49. The van der Waals surface area contributed by atoms with Crippen LogP contribution in [0.5, 0.6) is 0 Å². The van der Waals surface area contributed by atoms with Gasteiger partial charge in [-0.2, -0.15) is 0 Å². The van der Waals surface area contributed by atoms with Crippen LogP contribution in [-0.2, 0) is 0 Å². The van der Waals surface area contributed by atoms with E-state index in [4.69, 9.17) is 15.0 Å². The van der Waals surface area contributed by atoms with Gasteiger partial charge in [0.2, 0.25) is 0 Å². The van der Waals surface area contributed by atoms with E-state index in [2.05, 4.69) is 59.9 Å². The minimum absolute atomic E-state index is 0.536. The zero-order valence-corrected chi connectivity index (χ0v) is 19.6. The van der Waals surface area contributed by atoms with E-state index in [1.54, 1.807) is 18.2 Å². The first-order valence-corrected chi connectivity index (χ1v) is 10.9. The topological polar surface area (TPSA) is 38.7 Å². The fraction of sp³-hybridized carbons (Fsp3) is 0.0357. The van der Waals surface area contributed by atoms with Gasteiger partial charge < -0.3 is 0 Å². The number of halogens is 1. The number of rotatable bonds is 8. The molecule has 0 fully saturated rings. The molecule has 0 aliphatic rings. The Morgan fingerprint density at radius 1 is 0.781 bits per heavy atom. The SMILES string of the molecule is C=C/C=C(\C=C)c1nc(C(/C=C\C)=C/C=C)nc(-c2cccc(-c3ccc(Br)cc3)c2)n1. The predicted molar refractivity (Wildman–Crippen MR) is 140 cm³/mol.